The highest BCUT2D eigenvalue weighted by atomic mass is 16.5. The Labute approximate surface area is 76.7 Å². The lowest BCUT2D eigenvalue weighted by Crippen LogP contribution is -2.38. The second kappa shape index (κ2) is 3.57. The van der Waals surface area contributed by atoms with Crippen molar-refractivity contribution in [3.8, 4) is 0 Å². The van der Waals surface area contributed by atoms with Crippen molar-refractivity contribution in [2.45, 2.75) is 19.4 Å². The van der Waals surface area contributed by atoms with Gasteiger partial charge in [-0.25, -0.2) is 4.98 Å². The summed E-state index contributed by atoms with van der Waals surface area (Å²) in [6, 6.07) is 0. The van der Waals surface area contributed by atoms with E-state index in [-0.39, 0.29) is 0 Å². The van der Waals surface area contributed by atoms with Crippen molar-refractivity contribution in [3.63, 3.8) is 0 Å². The first kappa shape index (κ1) is 9.73. The molecule has 0 spiro atoms. The van der Waals surface area contributed by atoms with Crippen molar-refractivity contribution in [1.29, 1.82) is 0 Å². The summed E-state index contributed by atoms with van der Waals surface area (Å²) in [4.78, 5) is 3.85. The second-order valence-electron chi connectivity index (χ2n) is 3.11. The Hall–Kier alpha value is -1.36. The van der Waals surface area contributed by atoms with Crippen molar-refractivity contribution in [1.82, 2.24) is 9.55 Å². The average molecular weight is 183 g/mol. The maximum atomic E-state index is 8.82. The van der Waals surface area contributed by atoms with E-state index in [9.17, 15) is 0 Å². The average Bonchev–Trinajstić information content (AvgIpc) is 2.58. The highest BCUT2D eigenvalue weighted by Crippen LogP contribution is 2.11. The lowest BCUT2D eigenvalue weighted by atomic mass is 10.1. The van der Waals surface area contributed by atoms with Crippen LogP contribution in [0.2, 0.25) is 0 Å². The number of rotatable bonds is 2. The van der Waals surface area contributed by atoms with Crippen LogP contribution in [0.25, 0.3) is 0 Å². The summed E-state index contributed by atoms with van der Waals surface area (Å²) in [7, 11) is 1.56. The van der Waals surface area contributed by atoms with Gasteiger partial charge in [0.25, 0.3) is 0 Å². The molecule has 0 atom stereocenters. The molecule has 5 nitrogen and oxygen atoms in total. The quantitative estimate of drug-likeness (QED) is 0.321. The Morgan fingerprint density at radius 3 is 2.69 bits per heavy atom. The number of methoxy groups -OCH3 is 1. The summed E-state index contributed by atoms with van der Waals surface area (Å²) in [5.74, 6) is 0.396. The van der Waals surface area contributed by atoms with Gasteiger partial charge >= 0.3 is 0 Å². The monoisotopic (exact) mass is 183 g/mol. The van der Waals surface area contributed by atoms with E-state index in [0.29, 0.717) is 5.84 Å². The van der Waals surface area contributed by atoms with Gasteiger partial charge in [-0.05, 0) is 13.8 Å². The number of imidazole rings is 1. The predicted molar refractivity (Wildman–Crippen MR) is 47.9 cm³/mol. The molecule has 0 aliphatic rings. The molecule has 0 radical (unpaired) electrons. The summed E-state index contributed by atoms with van der Waals surface area (Å²) in [6.45, 7) is 3.62. The van der Waals surface area contributed by atoms with E-state index in [2.05, 4.69) is 10.1 Å². The maximum absolute atomic E-state index is 8.82. The Kier molecular flexibility index (Phi) is 2.67. The van der Waals surface area contributed by atoms with E-state index < -0.39 is 5.60 Å². The van der Waals surface area contributed by atoms with E-state index in [1.54, 1.807) is 30.4 Å². The zero-order valence-corrected chi connectivity index (χ0v) is 7.93. The van der Waals surface area contributed by atoms with Gasteiger partial charge in [-0.2, -0.15) is 0 Å². The van der Waals surface area contributed by atoms with Crippen LogP contribution in [0.15, 0.2) is 23.9 Å². The van der Waals surface area contributed by atoms with E-state index >= 15 is 0 Å². The molecule has 72 valence electrons. The van der Waals surface area contributed by atoms with Gasteiger partial charge in [-0.1, -0.05) is 5.16 Å². The van der Waals surface area contributed by atoms with Crippen LogP contribution in [-0.2, 0) is 4.74 Å². The van der Waals surface area contributed by atoms with E-state index in [4.69, 9.17) is 9.94 Å². The number of ether oxygens (including phenoxy) is 1. The first-order valence-corrected chi connectivity index (χ1v) is 3.88. The van der Waals surface area contributed by atoms with Crippen molar-refractivity contribution < 1.29 is 9.94 Å². The zero-order chi connectivity index (χ0) is 9.90. The van der Waals surface area contributed by atoms with Gasteiger partial charge in [-0.15, -0.1) is 0 Å². The number of oxime groups is 1. The SMILES string of the molecule is COC(C)(C)C(=NO)n1ccnc1. The number of aromatic nitrogens is 2. The molecule has 13 heavy (non-hydrogen) atoms. The lowest BCUT2D eigenvalue weighted by Gasteiger charge is -2.23. The standard InChI is InChI=1S/C8H13N3O2/c1-8(2,13-3)7(10-12)11-5-4-9-6-11/h4-6,12H,1-3H3. The minimum atomic E-state index is -0.643. The fraction of sp³-hybridized carbons (Fsp3) is 0.500. The molecular formula is C8H13N3O2. The fourth-order valence-corrected chi connectivity index (χ4v) is 0.959. The van der Waals surface area contributed by atoms with Crippen LogP contribution in [0.1, 0.15) is 13.8 Å². The third-order valence-corrected chi connectivity index (χ3v) is 1.89. The lowest BCUT2D eigenvalue weighted by molar-refractivity contribution is 0.0763. The Morgan fingerprint density at radius 1 is 1.62 bits per heavy atom. The van der Waals surface area contributed by atoms with Crippen LogP contribution in [0.5, 0.6) is 0 Å². The molecule has 1 aromatic heterocycles. The summed E-state index contributed by atoms with van der Waals surface area (Å²) >= 11 is 0. The molecule has 0 aromatic carbocycles. The summed E-state index contributed by atoms with van der Waals surface area (Å²) in [6.07, 6.45) is 4.85. The van der Waals surface area contributed by atoms with Crippen LogP contribution in [0, 0.1) is 0 Å². The molecule has 1 rings (SSSR count). The molecule has 1 heterocycles. The van der Waals surface area contributed by atoms with E-state index in [1.165, 1.54) is 0 Å². The third-order valence-electron chi connectivity index (χ3n) is 1.89. The maximum Gasteiger partial charge on any atom is 0.185 e. The molecule has 5 heteroatoms. The molecule has 0 saturated heterocycles. The van der Waals surface area contributed by atoms with Gasteiger partial charge in [0.1, 0.15) is 11.9 Å². The van der Waals surface area contributed by atoms with Gasteiger partial charge in [0, 0.05) is 19.5 Å². The third kappa shape index (κ3) is 1.86. The number of hydrogen-bond acceptors (Lipinski definition) is 4. The van der Waals surface area contributed by atoms with Gasteiger partial charge in [0.2, 0.25) is 0 Å². The van der Waals surface area contributed by atoms with Crippen molar-refractivity contribution in [2.24, 2.45) is 5.16 Å². The molecule has 0 bridgehead atoms. The van der Waals surface area contributed by atoms with Crippen LogP contribution in [-0.4, -0.2) is 33.3 Å². The smallest absolute Gasteiger partial charge is 0.185 e. The van der Waals surface area contributed by atoms with Crippen LogP contribution in [0.3, 0.4) is 0 Å². The predicted octanol–water partition coefficient (Wildman–Crippen LogP) is 0.944. The molecule has 0 fully saturated rings. The Bertz CT molecular complexity index is 290. The van der Waals surface area contributed by atoms with Crippen molar-refractivity contribution in [2.75, 3.05) is 7.11 Å². The largest absolute Gasteiger partial charge is 0.409 e. The van der Waals surface area contributed by atoms with Gasteiger partial charge in [-0.3, -0.25) is 4.57 Å². The number of hydrogen-bond donors (Lipinski definition) is 1. The molecule has 0 aliphatic carbocycles. The summed E-state index contributed by atoms with van der Waals surface area (Å²) < 4.78 is 6.78. The first-order chi connectivity index (χ1) is 6.11. The molecular weight excluding hydrogens is 170 g/mol. The minimum absolute atomic E-state index is 0.396. The topological polar surface area (TPSA) is 59.6 Å². The summed E-state index contributed by atoms with van der Waals surface area (Å²) in [5, 5.41) is 12.0. The molecule has 1 N–H and O–H groups in total. The minimum Gasteiger partial charge on any atom is -0.409 e. The highest BCUT2D eigenvalue weighted by Gasteiger charge is 2.26. The van der Waals surface area contributed by atoms with Crippen molar-refractivity contribution >= 4 is 5.84 Å². The van der Waals surface area contributed by atoms with Crippen LogP contribution < -0.4 is 0 Å². The molecule has 1 aromatic rings. The summed E-state index contributed by atoms with van der Waals surface area (Å²) in [5.41, 5.74) is -0.643. The second-order valence-corrected chi connectivity index (χ2v) is 3.11. The molecule has 0 unspecified atom stereocenters. The van der Waals surface area contributed by atoms with Gasteiger partial charge in [0.05, 0.1) is 0 Å². The van der Waals surface area contributed by atoms with Crippen LogP contribution >= 0.6 is 0 Å². The normalized spacial score (nSPS) is 13.3. The molecule has 0 saturated carbocycles. The van der Waals surface area contributed by atoms with Gasteiger partial charge < -0.3 is 9.94 Å². The molecule has 0 aliphatic heterocycles. The first-order valence-electron chi connectivity index (χ1n) is 3.88. The van der Waals surface area contributed by atoms with E-state index in [0.717, 1.165) is 0 Å². The number of nitrogens with zero attached hydrogens (tertiary/aromatic N) is 3. The van der Waals surface area contributed by atoms with Gasteiger partial charge in [0.15, 0.2) is 5.84 Å². The van der Waals surface area contributed by atoms with Crippen LogP contribution in [0.4, 0.5) is 0 Å². The Morgan fingerprint density at radius 2 is 2.31 bits per heavy atom. The Balaban J connectivity index is 3.01. The molecule has 0 amide bonds. The van der Waals surface area contributed by atoms with Crippen molar-refractivity contribution in [3.05, 3.63) is 18.7 Å². The highest BCUT2D eigenvalue weighted by molar-refractivity contribution is 5.91. The van der Waals surface area contributed by atoms with E-state index in [1.807, 2.05) is 13.8 Å². The fourth-order valence-electron chi connectivity index (χ4n) is 0.959. The zero-order valence-electron chi connectivity index (χ0n) is 7.93.